The second-order valence-electron chi connectivity index (χ2n) is 6.40. The van der Waals surface area contributed by atoms with Crippen molar-refractivity contribution in [3.63, 3.8) is 0 Å². The number of hydrogen-bond acceptors (Lipinski definition) is 3. The van der Waals surface area contributed by atoms with Crippen LogP contribution in [0.15, 0.2) is 72.8 Å². The fraction of sp³-hybridized carbons (Fsp3) is 0.0909. The summed E-state index contributed by atoms with van der Waals surface area (Å²) in [6.07, 6.45) is 0.821. The SMILES string of the molecule is O=C(Nc1ccccc1)Nc1ccc(NC(=O)c2ccc3c(c2)CCO3)cc1. The van der Waals surface area contributed by atoms with Gasteiger partial charge in [-0.3, -0.25) is 4.79 Å². The predicted molar refractivity (Wildman–Crippen MR) is 109 cm³/mol. The summed E-state index contributed by atoms with van der Waals surface area (Å²) in [6, 6.07) is 21.3. The summed E-state index contributed by atoms with van der Waals surface area (Å²) in [5.74, 6) is 0.665. The van der Waals surface area contributed by atoms with Crippen LogP contribution in [0, 0.1) is 0 Å². The van der Waals surface area contributed by atoms with Crippen LogP contribution < -0.4 is 20.7 Å². The van der Waals surface area contributed by atoms with E-state index >= 15 is 0 Å². The van der Waals surface area contributed by atoms with Crippen molar-refractivity contribution in [1.29, 1.82) is 0 Å². The molecule has 3 N–H and O–H groups in total. The molecule has 1 aliphatic rings. The third-order valence-corrected chi connectivity index (χ3v) is 4.38. The highest BCUT2D eigenvalue weighted by Crippen LogP contribution is 2.26. The van der Waals surface area contributed by atoms with Crippen LogP contribution in [0.5, 0.6) is 5.75 Å². The lowest BCUT2D eigenvalue weighted by Gasteiger charge is -2.09. The number of para-hydroxylation sites is 1. The summed E-state index contributed by atoms with van der Waals surface area (Å²) < 4.78 is 5.46. The Morgan fingerprint density at radius 3 is 2.11 bits per heavy atom. The number of amides is 3. The van der Waals surface area contributed by atoms with Crippen molar-refractivity contribution >= 4 is 29.0 Å². The molecule has 3 aromatic carbocycles. The number of rotatable bonds is 4. The van der Waals surface area contributed by atoms with Crippen LogP contribution >= 0.6 is 0 Å². The number of hydrogen-bond donors (Lipinski definition) is 3. The van der Waals surface area contributed by atoms with Gasteiger partial charge >= 0.3 is 6.03 Å². The Kier molecular flexibility index (Phi) is 4.93. The van der Waals surface area contributed by atoms with Gasteiger partial charge in [-0.05, 0) is 60.2 Å². The number of nitrogens with one attached hydrogen (secondary N) is 3. The van der Waals surface area contributed by atoms with Crippen LogP contribution in [0.1, 0.15) is 15.9 Å². The maximum absolute atomic E-state index is 12.4. The minimum atomic E-state index is -0.330. The summed E-state index contributed by atoms with van der Waals surface area (Å²) in [5, 5.41) is 8.37. The Hall–Kier alpha value is -3.80. The van der Waals surface area contributed by atoms with E-state index in [9.17, 15) is 9.59 Å². The zero-order valence-corrected chi connectivity index (χ0v) is 15.1. The largest absolute Gasteiger partial charge is 0.493 e. The second-order valence-corrected chi connectivity index (χ2v) is 6.40. The van der Waals surface area contributed by atoms with Gasteiger partial charge in [0.2, 0.25) is 0 Å². The predicted octanol–water partition coefficient (Wildman–Crippen LogP) is 4.52. The molecule has 0 fully saturated rings. The molecule has 0 aromatic heterocycles. The number of carbonyl (C=O) groups excluding carboxylic acids is 2. The molecule has 6 heteroatoms. The molecule has 1 heterocycles. The quantitative estimate of drug-likeness (QED) is 0.629. The van der Waals surface area contributed by atoms with E-state index in [1.807, 2.05) is 42.5 Å². The van der Waals surface area contributed by atoms with Gasteiger partial charge in [-0.1, -0.05) is 18.2 Å². The number of ether oxygens (including phenoxy) is 1. The fourth-order valence-electron chi connectivity index (χ4n) is 2.98. The maximum atomic E-state index is 12.4. The van der Waals surface area contributed by atoms with E-state index in [-0.39, 0.29) is 11.9 Å². The third-order valence-electron chi connectivity index (χ3n) is 4.38. The van der Waals surface area contributed by atoms with Gasteiger partial charge in [0.05, 0.1) is 6.61 Å². The van der Waals surface area contributed by atoms with Crippen molar-refractivity contribution in [2.45, 2.75) is 6.42 Å². The molecule has 0 spiro atoms. The van der Waals surface area contributed by atoms with E-state index in [1.54, 1.807) is 30.3 Å². The number of anilines is 3. The molecule has 3 aromatic rings. The van der Waals surface area contributed by atoms with E-state index < -0.39 is 0 Å². The van der Waals surface area contributed by atoms with Crippen molar-refractivity contribution in [1.82, 2.24) is 0 Å². The van der Waals surface area contributed by atoms with E-state index in [0.717, 1.165) is 17.7 Å². The average Bonchev–Trinajstić information content (AvgIpc) is 3.18. The first-order valence-electron chi connectivity index (χ1n) is 8.97. The minimum absolute atomic E-state index is 0.183. The van der Waals surface area contributed by atoms with Crippen molar-refractivity contribution in [3.8, 4) is 5.75 Å². The first kappa shape index (κ1) is 17.6. The highest BCUT2D eigenvalue weighted by Gasteiger charge is 2.15. The molecular weight excluding hydrogens is 354 g/mol. The molecule has 0 aliphatic carbocycles. The number of urea groups is 1. The lowest BCUT2D eigenvalue weighted by Crippen LogP contribution is -2.19. The normalized spacial score (nSPS) is 11.9. The van der Waals surface area contributed by atoms with Crippen LogP contribution in [0.4, 0.5) is 21.9 Å². The first-order valence-corrected chi connectivity index (χ1v) is 8.97. The zero-order valence-electron chi connectivity index (χ0n) is 15.1. The molecule has 0 saturated heterocycles. The molecule has 0 saturated carbocycles. The van der Waals surface area contributed by atoms with Gasteiger partial charge in [0.15, 0.2) is 0 Å². The number of benzene rings is 3. The average molecular weight is 373 g/mol. The topological polar surface area (TPSA) is 79.5 Å². The summed E-state index contributed by atoms with van der Waals surface area (Å²) >= 11 is 0. The van der Waals surface area contributed by atoms with Gasteiger partial charge in [-0.25, -0.2) is 4.79 Å². The van der Waals surface area contributed by atoms with Crippen molar-refractivity contribution in [2.24, 2.45) is 0 Å². The Labute approximate surface area is 162 Å². The zero-order chi connectivity index (χ0) is 19.3. The van der Waals surface area contributed by atoms with Crippen LogP contribution in [0.2, 0.25) is 0 Å². The fourth-order valence-corrected chi connectivity index (χ4v) is 2.98. The van der Waals surface area contributed by atoms with Gasteiger partial charge in [-0.2, -0.15) is 0 Å². The Morgan fingerprint density at radius 2 is 1.39 bits per heavy atom. The standard InChI is InChI=1S/C22H19N3O3/c26-21(16-6-11-20-15(14-16)12-13-28-20)23-18-7-9-19(10-8-18)25-22(27)24-17-4-2-1-3-5-17/h1-11,14H,12-13H2,(H,23,26)(H2,24,25,27). The number of carbonyl (C=O) groups is 2. The van der Waals surface area contributed by atoms with E-state index in [2.05, 4.69) is 16.0 Å². The summed E-state index contributed by atoms with van der Waals surface area (Å²) in [7, 11) is 0. The van der Waals surface area contributed by atoms with Crippen molar-refractivity contribution < 1.29 is 14.3 Å². The van der Waals surface area contributed by atoms with Gasteiger partial charge < -0.3 is 20.7 Å². The summed E-state index contributed by atoms with van der Waals surface area (Å²) in [5.41, 5.74) is 3.63. The van der Waals surface area contributed by atoms with E-state index in [1.165, 1.54) is 0 Å². The lowest BCUT2D eigenvalue weighted by molar-refractivity contribution is 0.102. The Morgan fingerprint density at radius 1 is 0.750 bits per heavy atom. The van der Waals surface area contributed by atoms with E-state index in [0.29, 0.717) is 29.2 Å². The van der Waals surface area contributed by atoms with Gasteiger partial charge in [-0.15, -0.1) is 0 Å². The van der Waals surface area contributed by atoms with Crippen LogP contribution in [-0.2, 0) is 6.42 Å². The van der Waals surface area contributed by atoms with E-state index in [4.69, 9.17) is 4.74 Å². The molecule has 0 bridgehead atoms. The van der Waals surface area contributed by atoms with Crippen LogP contribution in [-0.4, -0.2) is 18.5 Å². The van der Waals surface area contributed by atoms with Crippen LogP contribution in [0.25, 0.3) is 0 Å². The highest BCUT2D eigenvalue weighted by molar-refractivity contribution is 6.05. The van der Waals surface area contributed by atoms with Gasteiger partial charge in [0, 0.05) is 29.0 Å². The summed E-state index contributed by atoms with van der Waals surface area (Å²) in [4.78, 5) is 24.5. The molecule has 4 rings (SSSR count). The molecule has 1 aliphatic heterocycles. The molecule has 6 nitrogen and oxygen atoms in total. The Bertz CT molecular complexity index is 1000. The molecule has 3 amide bonds. The van der Waals surface area contributed by atoms with Crippen LogP contribution in [0.3, 0.4) is 0 Å². The summed E-state index contributed by atoms with van der Waals surface area (Å²) in [6.45, 7) is 0.659. The van der Waals surface area contributed by atoms with Gasteiger partial charge in [0.25, 0.3) is 5.91 Å². The molecule has 0 atom stereocenters. The minimum Gasteiger partial charge on any atom is -0.493 e. The number of fused-ring (bicyclic) bond motifs is 1. The molecular formula is C22H19N3O3. The first-order chi connectivity index (χ1) is 13.7. The molecule has 28 heavy (non-hydrogen) atoms. The third kappa shape index (κ3) is 4.12. The monoisotopic (exact) mass is 373 g/mol. The molecule has 140 valence electrons. The van der Waals surface area contributed by atoms with Gasteiger partial charge in [0.1, 0.15) is 5.75 Å². The Balaban J connectivity index is 1.35. The van der Waals surface area contributed by atoms with Crippen molar-refractivity contribution in [3.05, 3.63) is 83.9 Å². The maximum Gasteiger partial charge on any atom is 0.323 e. The molecule has 0 radical (unpaired) electrons. The molecule has 0 unspecified atom stereocenters. The highest BCUT2D eigenvalue weighted by atomic mass is 16.5. The smallest absolute Gasteiger partial charge is 0.323 e. The van der Waals surface area contributed by atoms with Crippen molar-refractivity contribution in [2.75, 3.05) is 22.6 Å². The lowest BCUT2D eigenvalue weighted by atomic mass is 10.1. The second kappa shape index (κ2) is 7.84.